The third kappa shape index (κ3) is 20.5. The number of hydrogen-bond acceptors (Lipinski definition) is 13. The van der Waals surface area contributed by atoms with Crippen molar-refractivity contribution in [3.63, 3.8) is 0 Å². The van der Waals surface area contributed by atoms with Crippen LogP contribution >= 0.6 is 0 Å². The molecule has 0 aliphatic heterocycles. The molecule has 1 N–H and O–H groups in total. The molecule has 0 aliphatic carbocycles. The van der Waals surface area contributed by atoms with Gasteiger partial charge in [0.05, 0.1) is 31.9 Å². The Hall–Kier alpha value is -3.62. The van der Waals surface area contributed by atoms with E-state index < -0.39 is 64.8 Å². The van der Waals surface area contributed by atoms with Crippen LogP contribution in [0.2, 0.25) is 0 Å². The van der Waals surface area contributed by atoms with E-state index in [9.17, 15) is 29.1 Å². The number of esters is 4. The van der Waals surface area contributed by atoms with Gasteiger partial charge in [0.2, 0.25) is 0 Å². The van der Waals surface area contributed by atoms with Gasteiger partial charge in [-0.05, 0) is 95.2 Å². The van der Waals surface area contributed by atoms with Crippen molar-refractivity contribution in [3.8, 4) is 0 Å². The quantitative estimate of drug-likeness (QED) is 0.186. The van der Waals surface area contributed by atoms with E-state index in [4.69, 9.17) is 18.9 Å². The number of pyridine rings is 1. The Morgan fingerprint density at radius 3 is 1.45 bits per heavy atom. The molecule has 0 saturated carbocycles. The van der Waals surface area contributed by atoms with Gasteiger partial charge in [-0.2, -0.15) is 0 Å². The summed E-state index contributed by atoms with van der Waals surface area (Å²) in [6.45, 7) is 19.9. The van der Waals surface area contributed by atoms with E-state index in [1.54, 1.807) is 111 Å². The maximum Gasteiger partial charge on any atom is 0.330 e. The van der Waals surface area contributed by atoms with Gasteiger partial charge in [0.1, 0.15) is 22.4 Å². The molecule has 1 rings (SSSR count). The number of aromatic nitrogens is 1. The molecule has 1 aromatic heterocycles. The largest absolute Gasteiger partial charge is 0.480 e. The minimum Gasteiger partial charge on any atom is -0.480 e. The summed E-state index contributed by atoms with van der Waals surface area (Å²) >= 11 is 0. The number of carboxylic acid groups (broad SMARTS) is 1. The van der Waals surface area contributed by atoms with E-state index in [2.05, 4.69) is 4.98 Å². The fourth-order valence-electron chi connectivity index (χ4n) is 4.53. The Morgan fingerprint density at radius 1 is 0.612 bits per heavy atom. The Bertz CT molecular complexity index is 1210. The van der Waals surface area contributed by atoms with Gasteiger partial charge in [-0.3, -0.25) is 38.9 Å². The molecule has 1 aromatic rings. The summed E-state index contributed by atoms with van der Waals surface area (Å²) in [7, 11) is 0. The molecule has 14 nitrogen and oxygen atoms in total. The Balaban J connectivity index is 3.39. The van der Waals surface area contributed by atoms with Crippen molar-refractivity contribution in [2.45, 2.75) is 112 Å². The maximum atomic E-state index is 13.7. The second kappa shape index (κ2) is 18.4. The zero-order chi connectivity index (χ0) is 37.8. The number of ether oxygens (including phenoxy) is 4. The molecule has 0 radical (unpaired) electrons. The number of carboxylic acids is 1. The van der Waals surface area contributed by atoms with Crippen molar-refractivity contribution in [2.24, 2.45) is 0 Å². The van der Waals surface area contributed by atoms with Gasteiger partial charge in [0, 0.05) is 32.4 Å². The van der Waals surface area contributed by atoms with Crippen LogP contribution < -0.4 is 0 Å². The highest BCUT2D eigenvalue weighted by molar-refractivity contribution is 5.79. The van der Waals surface area contributed by atoms with E-state index in [1.807, 2.05) is 0 Å². The van der Waals surface area contributed by atoms with Crippen LogP contribution in [0.1, 0.15) is 94.8 Å². The first-order valence-corrected chi connectivity index (χ1v) is 16.4. The summed E-state index contributed by atoms with van der Waals surface area (Å²) in [4.78, 5) is 73.2. The molecule has 0 aromatic carbocycles. The standard InChI is InChI=1S/C35H58N4O10/c1-32(2,3)46-27(42)22-38(23-28(43)47-33(4,5)6)18-17-37(21-26(40)41)19-20-39(24-29(44)48-34(7,8)9)30(25-15-13-14-16-36-25)31(45)49-35(10,11)12/h13-16,30H,17-24H2,1-12H3,(H,40,41). The number of carbonyl (C=O) groups excluding carboxylic acids is 4. The highest BCUT2D eigenvalue weighted by Gasteiger charge is 2.35. The second-order valence-corrected chi connectivity index (χ2v) is 15.8. The van der Waals surface area contributed by atoms with E-state index in [0.29, 0.717) is 5.69 Å². The minimum atomic E-state index is -1.12. The van der Waals surface area contributed by atoms with Crippen LogP contribution in [0.25, 0.3) is 0 Å². The highest BCUT2D eigenvalue weighted by Crippen LogP contribution is 2.24. The van der Waals surface area contributed by atoms with Crippen LogP contribution in [-0.2, 0) is 42.9 Å². The summed E-state index contributed by atoms with van der Waals surface area (Å²) in [5.74, 6) is -3.46. The first-order chi connectivity index (χ1) is 22.2. The number of nitrogens with zero attached hydrogens (tertiary/aromatic N) is 4. The van der Waals surface area contributed by atoms with E-state index >= 15 is 0 Å². The molecule has 14 heteroatoms. The SMILES string of the molecule is CC(C)(C)OC(=O)CN(CCN(CCN(CC(=O)OC(C)(C)C)C(C(=O)OC(C)(C)C)c1ccccn1)CC(=O)O)CC(=O)OC(C)(C)C. The lowest BCUT2D eigenvalue weighted by Gasteiger charge is -2.34. The van der Waals surface area contributed by atoms with Crippen LogP contribution in [0.4, 0.5) is 0 Å². The average Bonchev–Trinajstić information content (AvgIpc) is 2.86. The lowest BCUT2D eigenvalue weighted by atomic mass is 10.1. The zero-order valence-electron chi connectivity index (χ0n) is 31.5. The average molecular weight is 695 g/mol. The number of carbonyl (C=O) groups is 5. The van der Waals surface area contributed by atoms with Crippen LogP contribution in [0, 0.1) is 0 Å². The van der Waals surface area contributed by atoms with Crippen LogP contribution in [-0.4, -0.2) is 129 Å². The highest BCUT2D eigenvalue weighted by atomic mass is 16.6. The molecular weight excluding hydrogens is 636 g/mol. The normalized spacial score (nSPS) is 13.3. The number of aliphatic carboxylic acids is 1. The van der Waals surface area contributed by atoms with Gasteiger partial charge in [-0.25, -0.2) is 4.79 Å². The Kier molecular flexibility index (Phi) is 16.3. The van der Waals surface area contributed by atoms with Crippen LogP contribution in [0.3, 0.4) is 0 Å². The molecule has 1 unspecified atom stereocenters. The molecule has 0 spiro atoms. The van der Waals surface area contributed by atoms with Gasteiger partial charge < -0.3 is 24.1 Å². The van der Waals surface area contributed by atoms with Crippen molar-refractivity contribution < 1.29 is 48.0 Å². The first-order valence-electron chi connectivity index (χ1n) is 16.4. The van der Waals surface area contributed by atoms with E-state index in [0.717, 1.165) is 0 Å². The van der Waals surface area contributed by atoms with Crippen LogP contribution in [0.5, 0.6) is 0 Å². The van der Waals surface area contributed by atoms with Gasteiger partial charge in [-0.1, -0.05) is 6.07 Å². The van der Waals surface area contributed by atoms with E-state index in [-0.39, 0.29) is 45.8 Å². The molecule has 0 aliphatic rings. The zero-order valence-corrected chi connectivity index (χ0v) is 31.5. The Morgan fingerprint density at radius 2 is 1.04 bits per heavy atom. The van der Waals surface area contributed by atoms with Gasteiger partial charge in [0.25, 0.3) is 0 Å². The third-order valence-corrected chi connectivity index (χ3v) is 6.06. The lowest BCUT2D eigenvalue weighted by Crippen LogP contribution is -2.48. The number of rotatable bonds is 17. The summed E-state index contributed by atoms with van der Waals surface area (Å²) in [6, 6.07) is 3.95. The molecule has 0 saturated heterocycles. The van der Waals surface area contributed by atoms with Crippen molar-refractivity contribution >= 4 is 29.8 Å². The molecule has 0 fully saturated rings. The summed E-state index contributed by atoms with van der Waals surface area (Å²) in [5, 5.41) is 9.76. The maximum absolute atomic E-state index is 13.7. The predicted octanol–water partition coefficient (Wildman–Crippen LogP) is 3.48. The molecule has 0 bridgehead atoms. The second-order valence-electron chi connectivity index (χ2n) is 15.8. The number of hydrogen-bond donors (Lipinski definition) is 1. The Labute approximate surface area is 291 Å². The van der Waals surface area contributed by atoms with Gasteiger partial charge in [0.15, 0.2) is 6.04 Å². The van der Waals surface area contributed by atoms with Crippen molar-refractivity contribution in [3.05, 3.63) is 30.1 Å². The fraction of sp³-hybridized carbons (Fsp3) is 0.714. The predicted molar refractivity (Wildman–Crippen MR) is 182 cm³/mol. The van der Waals surface area contributed by atoms with Crippen LogP contribution in [0.15, 0.2) is 24.4 Å². The molecule has 1 atom stereocenters. The van der Waals surface area contributed by atoms with Gasteiger partial charge in [-0.15, -0.1) is 0 Å². The summed E-state index contributed by atoms with van der Waals surface area (Å²) in [6.07, 6.45) is 1.53. The van der Waals surface area contributed by atoms with Crippen molar-refractivity contribution in [1.29, 1.82) is 0 Å². The van der Waals surface area contributed by atoms with Gasteiger partial charge >= 0.3 is 29.8 Å². The smallest absolute Gasteiger partial charge is 0.330 e. The third-order valence-electron chi connectivity index (χ3n) is 6.06. The lowest BCUT2D eigenvalue weighted by molar-refractivity contribution is -0.166. The molecule has 1 heterocycles. The van der Waals surface area contributed by atoms with E-state index in [1.165, 1.54) is 11.1 Å². The monoisotopic (exact) mass is 694 g/mol. The fourth-order valence-corrected chi connectivity index (χ4v) is 4.53. The van der Waals surface area contributed by atoms with Crippen molar-refractivity contribution in [2.75, 3.05) is 52.4 Å². The first kappa shape index (κ1) is 43.4. The molecule has 49 heavy (non-hydrogen) atoms. The molecule has 278 valence electrons. The summed E-state index contributed by atoms with van der Waals surface area (Å²) in [5.41, 5.74) is -2.80. The molecular formula is C35H58N4O10. The summed E-state index contributed by atoms with van der Waals surface area (Å²) < 4.78 is 22.2. The minimum absolute atomic E-state index is 0.0329. The topological polar surface area (TPSA) is 165 Å². The molecule has 0 amide bonds. The van der Waals surface area contributed by atoms with Crippen molar-refractivity contribution in [1.82, 2.24) is 19.7 Å².